The summed E-state index contributed by atoms with van der Waals surface area (Å²) in [5.41, 5.74) is -1.94. The van der Waals surface area contributed by atoms with Crippen LogP contribution in [0.5, 0.6) is 0 Å². The molecule has 0 aliphatic rings. The standard InChI is InChI=1S/C20H12ClF3N2O/c21-15-8-6-13(7-9-15)12-26-18(14-4-2-1-3-5-14)10-17(20(22,23)24)16(11-25)19(26)27/h1-10H,12H2. The maximum absolute atomic E-state index is 13.4. The number of nitrogens with zero attached hydrogens (tertiary/aromatic N) is 2. The number of alkyl halides is 3. The molecule has 0 aliphatic heterocycles. The smallest absolute Gasteiger partial charge is 0.303 e. The number of halogens is 4. The molecule has 0 bridgehead atoms. The van der Waals surface area contributed by atoms with Crippen molar-refractivity contribution in [3.05, 3.63) is 92.7 Å². The molecule has 0 N–H and O–H groups in total. The van der Waals surface area contributed by atoms with Gasteiger partial charge in [-0.2, -0.15) is 18.4 Å². The molecule has 1 aromatic heterocycles. The van der Waals surface area contributed by atoms with Gasteiger partial charge in [-0.1, -0.05) is 54.1 Å². The highest BCUT2D eigenvalue weighted by Crippen LogP contribution is 2.33. The van der Waals surface area contributed by atoms with Crippen molar-refractivity contribution in [1.29, 1.82) is 5.26 Å². The Labute approximate surface area is 157 Å². The van der Waals surface area contributed by atoms with Gasteiger partial charge in [-0.25, -0.2) is 0 Å². The van der Waals surface area contributed by atoms with E-state index in [2.05, 4.69) is 0 Å². The van der Waals surface area contributed by atoms with Gasteiger partial charge in [-0.15, -0.1) is 0 Å². The molecule has 3 nitrogen and oxygen atoms in total. The largest absolute Gasteiger partial charge is 0.417 e. The van der Waals surface area contributed by atoms with Gasteiger partial charge in [-0.05, 0) is 29.3 Å². The quantitative estimate of drug-likeness (QED) is 0.626. The van der Waals surface area contributed by atoms with Gasteiger partial charge < -0.3 is 4.57 Å². The van der Waals surface area contributed by atoms with Crippen LogP contribution < -0.4 is 5.56 Å². The van der Waals surface area contributed by atoms with Crippen molar-refractivity contribution in [1.82, 2.24) is 4.57 Å². The van der Waals surface area contributed by atoms with Gasteiger partial charge >= 0.3 is 6.18 Å². The number of benzene rings is 2. The number of hydrogen-bond acceptors (Lipinski definition) is 2. The third-order valence-electron chi connectivity index (χ3n) is 4.04. The molecule has 0 aliphatic carbocycles. The Morgan fingerprint density at radius 2 is 1.67 bits per heavy atom. The number of hydrogen-bond donors (Lipinski definition) is 0. The highest BCUT2D eigenvalue weighted by atomic mass is 35.5. The van der Waals surface area contributed by atoms with E-state index in [9.17, 15) is 23.2 Å². The maximum Gasteiger partial charge on any atom is 0.417 e. The van der Waals surface area contributed by atoms with Gasteiger partial charge in [0.2, 0.25) is 0 Å². The summed E-state index contributed by atoms with van der Waals surface area (Å²) in [5.74, 6) is 0. The van der Waals surface area contributed by atoms with E-state index in [0.717, 1.165) is 6.07 Å². The third-order valence-corrected chi connectivity index (χ3v) is 4.29. The first-order valence-corrected chi connectivity index (χ1v) is 8.24. The van der Waals surface area contributed by atoms with Crippen molar-refractivity contribution >= 4 is 11.6 Å². The van der Waals surface area contributed by atoms with Crippen LogP contribution in [0.15, 0.2) is 65.5 Å². The molecule has 0 fully saturated rings. The molecule has 0 saturated carbocycles. The van der Waals surface area contributed by atoms with E-state index in [-0.39, 0.29) is 12.2 Å². The lowest BCUT2D eigenvalue weighted by molar-refractivity contribution is -0.137. The summed E-state index contributed by atoms with van der Waals surface area (Å²) in [6.45, 7) is 0.00699. The fourth-order valence-corrected chi connectivity index (χ4v) is 2.88. The Morgan fingerprint density at radius 1 is 1.04 bits per heavy atom. The predicted octanol–water partition coefficient (Wildman–Crippen LogP) is 5.11. The fraction of sp³-hybridized carbons (Fsp3) is 0.100. The first-order valence-electron chi connectivity index (χ1n) is 7.86. The Kier molecular flexibility index (Phi) is 5.06. The van der Waals surface area contributed by atoms with Gasteiger partial charge in [0, 0.05) is 5.02 Å². The SMILES string of the molecule is N#Cc1c(C(F)(F)F)cc(-c2ccccc2)n(Cc2ccc(Cl)cc2)c1=O. The molecule has 27 heavy (non-hydrogen) atoms. The van der Waals surface area contributed by atoms with Crippen molar-refractivity contribution in [2.45, 2.75) is 12.7 Å². The van der Waals surface area contributed by atoms with Crippen molar-refractivity contribution < 1.29 is 13.2 Å². The molecule has 0 spiro atoms. The minimum absolute atomic E-state index is 0.00699. The summed E-state index contributed by atoms with van der Waals surface area (Å²) >= 11 is 5.86. The Morgan fingerprint density at radius 3 is 2.22 bits per heavy atom. The number of aromatic nitrogens is 1. The monoisotopic (exact) mass is 388 g/mol. The van der Waals surface area contributed by atoms with Crippen molar-refractivity contribution in [3.8, 4) is 17.3 Å². The molecule has 0 amide bonds. The zero-order valence-electron chi connectivity index (χ0n) is 13.8. The first kappa shape index (κ1) is 18.7. The van der Waals surface area contributed by atoms with Crippen LogP contribution in [0, 0.1) is 11.3 Å². The van der Waals surface area contributed by atoms with Gasteiger partial charge in [0.1, 0.15) is 11.6 Å². The molecule has 7 heteroatoms. The lowest BCUT2D eigenvalue weighted by Crippen LogP contribution is -2.28. The average Bonchev–Trinajstić information content (AvgIpc) is 2.64. The van der Waals surface area contributed by atoms with E-state index in [0.29, 0.717) is 16.1 Å². The Bertz CT molecular complexity index is 1070. The zero-order chi connectivity index (χ0) is 19.6. The molecule has 136 valence electrons. The molecule has 3 rings (SSSR count). The van der Waals surface area contributed by atoms with Crippen LogP contribution in [0.3, 0.4) is 0 Å². The molecule has 1 heterocycles. The molecule has 3 aromatic rings. The summed E-state index contributed by atoms with van der Waals surface area (Å²) in [5, 5.41) is 9.67. The summed E-state index contributed by atoms with van der Waals surface area (Å²) in [4.78, 5) is 12.7. The highest BCUT2D eigenvalue weighted by molar-refractivity contribution is 6.30. The predicted molar refractivity (Wildman–Crippen MR) is 96.4 cm³/mol. The van der Waals surface area contributed by atoms with Gasteiger partial charge in [-0.3, -0.25) is 4.79 Å². The summed E-state index contributed by atoms with van der Waals surface area (Å²) in [7, 11) is 0. The summed E-state index contributed by atoms with van der Waals surface area (Å²) in [6, 6.07) is 17.1. The second-order valence-corrected chi connectivity index (χ2v) is 6.25. The van der Waals surface area contributed by atoms with E-state index in [1.165, 1.54) is 10.6 Å². The first-order chi connectivity index (χ1) is 12.8. The molecule has 0 unspecified atom stereocenters. The van der Waals surface area contributed by atoms with E-state index < -0.39 is 22.9 Å². The highest BCUT2D eigenvalue weighted by Gasteiger charge is 2.36. The lowest BCUT2D eigenvalue weighted by atomic mass is 10.0. The van der Waals surface area contributed by atoms with E-state index >= 15 is 0 Å². The molecule has 2 aromatic carbocycles. The molecule has 0 atom stereocenters. The van der Waals surface area contributed by atoms with Crippen LogP contribution in [-0.4, -0.2) is 4.57 Å². The van der Waals surface area contributed by atoms with E-state index in [4.69, 9.17) is 11.6 Å². The van der Waals surface area contributed by atoms with Crippen LogP contribution in [0.4, 0.5) is 13.2 Å². The van der Waals surface area contributed by atoms with Crippen molar-refractivity contribution in [2.24, 2.45) is 0 Å². The van der Waals surface area contributed by atoms with Crippen molar-refractivity contribution in [2.75, 3.05) is 0 Å². The minimum Gasteiger partial charge on any atom is -0.303 e. The van der Waals surface area contributed by atoms with Crippen LogP contribution in [0.1, 0.15) is 16.7 Å². The maximum atomic E-state index is 13.4. The molecular formula is C20H12ClF3N2O. The van der Waals surface area contributed by atoms with Gasteiger partial charge in [0.25, 0.3) is 5.56 Å². The van der Waals surface area contributed by atoms with E-state index in [1.807, 2.05) is 0 Å². The second-order valence-electron chi connectivity index (χ2n) is 5.81. The average molecular weight is 389 g/mol. The Hall–Kier alpha value is -3.04. The minimum atomic E-state index is -4.81. The topological polar surface area (TPSA) is 45.8 Å². The number of nitriles is 1. The Balaban J connectivity index is 2.28. The number of rotatable bonds is 3. The molecule has 0 radical (unpaired) electrons. The second kappa shape index (κ2) is 7.29. The summed E-state index contributed by atoms with van der Waals surface area (Å²) in [6.07, 6.45) is -4.81. The van der Waals surface area contributed by atoms with Gasteiger partial charge in [0.05, 0.1) is 17.8 Å². The van der Waals surface area contributed by atoms with Gasteiger partial charge in [0.15, 0.2) is 0 Å². The third kappa shape index (κ3) is 3.88. The van der Waals surface area contributed by atoms with Crippen LogP contribution in [0.2, 0.25) is 5.02 Å². The van der Waals surface area contributed by atoms with Crippen LogP contribution in [-0.2, 0) is 12.7 Å². The number of pyridine rings is 1. The van der Waals surface area contributed by atoms with Crippen LogP contribution in [0.25, 0.3) is 11.3 Å². The zero-order valence-corrected chi connectivity index (χ0v) is 14.6. The summed E-state index contributed by atoms with van der Waals surface area (Å²) < 4.78 is 41.4. The molecule has 0 saturated heterocycles. The van der Waals surface area contributed by atoms with Crippen LogP contribution >= 0.6 is 11.6 Å². The fourth-order valence-electron chi connectivity index (χ4n) is 2.76. The molecular weight excluding hydrogens is 377 g/mol. The van der Waals surface area contributed by atoms with E-state index in [1.54, 1.807) is 54.6 Å². The lowest BCUT2D eigenvalue weighted by Gasteiger charge is -2.17. The normalized spacial score (nSPS) is 11.2. The van der Waals surface area contributed by atoms with Crippen molar-refractivity contribution in [3.63, 3.8) is 0 Å².